The van der Waals surface area contributed by atoms with Crippen LogP contribution in [0.2, 0.25) is 0 Å². The van der Waals surface area contributed by atoms with E-state index in [1.54, 1.807) is 6.92 Å². The standard InChI is InChI=1S/C8H8O4/c1-2-11-7(9)6-4-3-5-12-8(6)10/h3-5H,2H2,1H3. The molecule has 1 aromatic rings. The second kappa shape index (κ2) is 3.71. The third-order valence-electron chi connectivity index (χ3n) is 1.23. The maximum atomic E-state index is 11.0. The molecule has 64 valence electrons. The van der Waals surface area contributed by atoms with Gasteiger partial charge in [-0.25, -0.2) is 9.59 Å². The Kier molecular flexibility index (Phi) is 2.63. The summed E-state index contributed by atoms with van der Waals surface area (Å²) in [5.74, 6) is -0.646. The lowest BCUT2D eigenvalue weighted by atomic mass is 10.3. The molecule has 0 fully saturated rings. The third kappa shape index (κ3) is 1.72. The average Bonchev–Trinajstić information content (AvgIpc) is 2.05. The van der Waals surface area contributed by atoms with Crippen LogP contribution in [-0.4, -0.2) is 12.6 Å². The van der Waals surface area contributed by atoms with Crippen molar-refractivity contribution in [1.29, 1.82) is 0 Å². The van der Waals surface area contributed by atoms with Gasteiger partial charge in [0.15, 0.2) is 0 Å². The van der Waals surface area contributed by atoms with E-state index in [9.17, 15) is 9.59 Å². The Morgan fingerprint density at radius 1 is 1.67 bits per heavy atom. The van der Waals surface area contributed by atoms with Gasteiger partial charge in [0.2, 0.25) is 0 Å². The lowest BCUT2D eigenvalue weighted by Crippen LogP contribution is -2.15. The molecule has 0 aliphatic heterocycles. The highest BCUT2D eigenvalue weighted by Crippen LogP contribution is 1.94. The van der Waals surface area contributed by atoms with Gasteiger partial charge in [-0.3, -0.25) is 0 Å². The Morgan fingerprint density at radius 2 is 2.42 bits per heavy atom. The van der Waals surface area contributed by atoms with Crippen LogP contribution in [0.5, 0.6) is 0 Å². The molecule has 1 rings (SSSR count). The van der Waals surface area contributed by atoms with Crippen molar-refractivity contribution in [2.45, 2.75) is 6.92 Å². The van der Waals surface area contributed by atoms with Crippen LogP contribution < -0.4 is 5.63 Å². The quantitative estimate of drug-likeness (QED) is 0.613. The summed E-state index contributed by atoms with van der Waals surface area (Å²) in [4.78, 5) is 21.9. The van der Waals surface area contributed by atoms with Crippen molar-refractivity contribution < 1.29 is 13.9 Å². The predicted molar refractivity (Wildman–Crippen MR) is 40.9 cm³/mol. The first-order valence-electron chi connectivity index (χ1n) is 3.50. The molecule has 0 radical (unpaired) electrons. The second-order valence-electron chi connectivity index (χ2n) is 2.03. The van der Waals surface area contributed by atoms with Crippen LogP contribution in [0.25, 0.3) is 0 Å². The Balaban J connectivity index is 2.95. The smallest absolute Gasteiger partial charge is 0.350 e. The van der Waals surface area contributed by atoms with Gasteiger partial charge in [0.25, 0.3) is 0 Å². The molecule has 0 aliphatic carbocycles. The van der Waals surface area contributed by atoms with Gasteiger partial charge < -0.3 is 9.15 Å². The summed E-state index contributed by atoms with van der Waals surface area (Å²) in [6.45, 7) is 1.91. The summed E-state index contributed by atoms with van der Waals surface area (Å²) < 4.78 is 9.08. The van der Waals surface area contributed by atoms with Crippen LogP contribution in [0.3, 0.4) is 0 Å². The minimum atomic E-state index is -0.670. The largest absolute Gasteiger partial charge is 0.462 e. The summed E-state index contributed by atoms with van der Waals surface area (Å²) in [6, 6.07) is 2.83. The number of rotatable bonds is 2. The molecule has 0 spiro atoms. The topological polar surface area (TPSA) is 56.5 Å². The number of carbonyl (C=O) groups excluding carboxylic acids is 1. The predicted octanol–water partition coefficient (Wildman–Crippen LogP) is 0.817. The average molecular weight is 168 g/mol. The maximum Gasteiger partial charge on any atom is 0.350 e. The fraction of sp³-hybridized carbons (Fsp3) is 0.250. The van der Waals surface area contributed by atoms with Gasteiger partial charge in [-0.2, -0.15) is 0 Å². The van der Waals surface area contributed by atoms with Gasteiger partial charge >= 0.3 is 11.6 Å². The summed E-state index contributed by atoms with van der Waals surface area (Å²) >= 11 is 0. The maximum absolute atomic E-state index is 11.0. The number of hydrogen-bond donors (Lipinski definition) is 0. The van der Waals surface area contributed by atoms with E-state index < -0.39 is 11.6 Å². The Labute approximate surface area is 68.8 Å². The Morgan fingerprint density at radius 3 is 3.00 bits per heavy atom. The first kappa shape index (κ1) is 8.52. The van der Waals surface area contributed by atoms with E-state index in [1.165, 1.54) is 18.4 Å². The van der Waals surface area contributed by atoms with Crippen molar-refractivity contribution in [3.05, 3.63) is 34.4 Å². The molecule has 1 heterocycles. The van der Waals surface area contributed by atoms with Gasteiger partial charge in [0.1, 0.15) is 5.56 Å². The fourth-order valence-corrected chi connectivity index (χ4v) is 0.728. The lowest BCUT2D eigenvalue weighted by molar-refractivity contribution is 0.0521. The number of esters is 1. The highest BCUT2D eigenvalue weighted by Gasteiger charge is 2.10. The van der Waals surface area contributed by atoms with Gasteiger partial charge in [-0.1, -0.05) is 0 Å². The van der Waals surface area contributed by atoms with Crippen molar-refractivity contribution in [3.63, 3.8) is 0 Å². The van der Waals surface area contributed by atoms with Crippen LogP contribution in [-0.2, 0) is 4.74 Å². The van der Waals surface area contributed by atoms with E-state index in [2.05, 4.69) is 9.15 Å². The van der Waals surface area contributed by atoms with Crippen LogP contribution in [0, 0.1) is 0 Å². The molecule has 4 nitrogen and oxygen atoms in total. The molecule has 0 aromatic carbocycles. The van der Waals surface area contributed by atoms with E-state index in [1.807, 2.05) is 0 Å². The third-order valence-corrected chi connectivity index (χ3v) is 1.23. The Bertz CT molecular complexity index is 326. The Hall–Kier alpha value is -1.58. The van der Waals surface area contributed by atoms with Gasteiger partial charge in [0, 0.05) is 0 Å². The van der Waals surface area contributed by atoms with Crippen LogP contribution in [0.1, 0.15) is 17.3 Å². The minimum Gasteiger partial charge on any atom is -0.462 e. The molecule has 0 amide bonds. The number of ether oxygens (including phenoxy) is 1. The van der Waals surface area contributed by atoms with Gasteiger partial charge in [0.05, 0.1) is 12.9 Å². The summed E-state index contributed by atoms with van der Waals surface area (Å²) in [6.07, 6.45) is 1.21. The van der Waals surface area contributed by atoms with E-state index in [4.69, 9.17) is 0 Å². The first-order valence-corrected chi connectivity index (χ1v) is 3.50. The highest BCUT2D eigenvalue weighted by atomic mass is 16.5. The van der Waals surface area contributed by atoms with Crippen molar-refractivity contribution >= 4 is 5.97 Å². The van der Waals surface area contributed by atoms with Crippen molar-refractivity contribution in [1.82, 2.24) is 0 Å². The molecular formula is C8H8O4. The summed E-state index contributed by atoms with van der Waals surface area (Å²) in [7, 11) is 0. The molecule has 1 aromatic heterocycles. The molecule has 12 heavy (non-hydrogen) atoms. The van der Waals surface area contributed by atoms with Crippen molar-refractivity contribution in [2.24, 2.45) is 0 Å². The van der Waals surface area contributed by atoms with E-state index in [0.29, 0.717) is 0 Å². The lowest BCUT2D eigenvalue weighted by Gasteiger charge is -1.97. The van der Waals surface area contributed by atoms with Crippen LogP contribution in [0.4, 0.5) is 0 Å². The van der Waals surface area contributed by atoms with Crippen molar-refractivity contribution in [2.75, 3.05) is 6.61 Å². The summed E-state index contributed by atoms with van der Waals surface area (Å²) in [5.41, 5.74) is -0.740. The molecule has 0 N–H and O–H groups in total. The number of hydrogen-bond acceptors (Lipinski definition) is 4. The van der Waals surface area contributed by atoms with Crippen molar-refractivity contribution in [3.8, 4) is 0 Å². The van der Waals surface area contributed by atoms with Crippen LogP contribution in [0.15, 0.2) is 27.6 Å². The molecule has 0 saturated heterocycles. The van der Waals surface area contributed by atoms with Gasteiger partial charge in [-0.05, 0) is 19.1 Å². The zero-order valence-electron chi connectivity index (χ0n) is 6.57. The van der Waals surface area contributed by atoms with E-state index in [-0.39, 0.29) is 12.2 Å². The zero-order valence-corrected chi connectivity index (χ0v) is 6.57. The molecule has 0 bridgehead atoms. The molecule has 0 atom stereocenters. The molecule has 0 unspecified atom stereocenters. The normalized spacial score (nSPS) is 9.42. The first-order chi connectivity index (χ1) is 5.75. The summed E-state index contributed by atoms with van der Waals surface area (Å²) in [5, 5.41) is 0. The van der Waals surface area contributed by atoms with Gasteiger partial charge in [-0.15, -0.1) is 0 Å². The SMILES string of the molecule is CCOC(=O)c1cccoc1=O. The molecule has 0 aliphatic rings. The molecule has 4 heteroatoms. The fourth-order valence-electron chi connectivity index (χ4n) is 0.728. The van der Waals surface area contributed by atoms with E-state index in [0.717, 1.165) is 0 Å². The molecule has 0 saturated carbocycles. The monoisotopic (exact) mass is 168 g/mol. The number of carbonyl (C=O) groups is 1. The minimum absolute atomic E-state index is 0.0700. The zero-order chi connectivity index (χ0) is 8.97. The molecular weight excluding hydrogens is 160 g/mol. The second-order valence-corrected chi connectivity index (χ2v) is 2.03. The van der Waals surface area contributed by atoms with E-state index >= 15 is 0 Å². The van der Waals surface area contributed by atoms with Crippen LogP contribution >= 0.6 is 0 Å². The highest BCUT2D eigenvalue weighted by molar-refractivity contribution is 5.88.